The fourth-order valence-electron chi connectivity index (χ4n) is 3.09. The molecular formula is C19H24N2. The molecule has 0 spiro atoms. The molecule has 3 aromatic rings. The van der Waals surface area contributed by atoms with E-state index in [4.69, 9.17) is 0 Å². The molecule has 0 amide bonds. The van der Waals surface area contributed by atoms with E-state index in [1.807, 2.05) is 6.20 Å². The quantitative estimate of drug-likeness (QED) is 0.559. The molecule has 0 atom stereocenters. The number of hydrogen-bond acceptors (Lipinski definition) is 1. The SMILES string of the molecule is CCCCCCCCc1nccc2c1[nH]c1ccccc12. The van der Waals surface area contributed by atoms with E-state index in [0.29, 0.717) is 0 Å². The van der Waals surface area contributed by atoms with Crippen molar-refractivity contribution < 1.29 is 0 Å². The van der Waals surface area contributed by atoms with Gasteiger partial charge >= 0.3 is 0 Å². The van der Waals surface area contributed by atoms with Crippen molar-refractivity contribution in [3.8, 4) is 0 Å². The number of hydrogen-bond donors (Lipinski definition) is 1. The van der Waals surface area contributed by atoms with Crippen LogP contribution in [0, 0.1) is 0 Å². The van der Waals surface area contributed by atoms with Crippen LogP contribution >= 0.6 is 0 Å². The first-order chi connectivity index (χ1) is 10.4. The summed E-state index contributed by atoms with van der Waals surface area (Å²) in [6.45, 7) is 2.26. The van der Waals surface area contributed by atoms with Gasteiger partial charge in [0.15, 0.2) is 0 Å². The molecule has 1 aromatic carbocycles. The van der Waals surface area contributed by atoms with Gasteiger partial charge in [-0.3, -0.25) is 4.98 Å². The van der Waals surface area contributed by atoms with Gasteiger partial charge < -0.3 is 4.98 Å². The Kier molecular flexibility index (Phi) is 4.54. The van der Waals surface area contributed by atoms with Crippen molar-refractivity contribution in [2.75, 3.05) is 0 Å². The minimum absolute atomic E-state index is 1.08. The number of unbranched alkanes of at least 4 members (excludes halogenated alkanes) is 5. The highest BCUT2D eigenvalue weighted by atomic mass is 14.8. The molecule has 0 aliphatic heterocycles. The number of rotatable bonds is 7. The Bertz CT molecular complexity index is 712. The van der Waals surface area contributed by atoms with E-state index in [-0.39, 0.29) is 0 Å². The van der Waals surface area contributed by atoms with Crippen LogP contribution in [0.15, 0.2) is 36.5 Å². The predicted octanol–water partition coefficient (Wildman–Crippen LogP) is 5.62. The van der Waals surface area contributed by atoms with E-state index in [1.165, 1.54) is 66.0 Å². The number of para-hydroxylation sites is 1. The predicted molar refractivity (Wildman–Crippen MR) is 90.7 cm³/mol. The summed E-state index contributed by atoms with van der Waals surface area (Å²) in [4.78, 5) is 8.15. The molecule has 0 bridgehead atoms. The molecule has 0 unspecified atom stereocenters. The summed E-state index contributed by atoms with van der Waals surface area (Å²) >= 11 is 0. The van der Waals surface area contributed by atoms with Crippen LogP contribution in [-0.2, 0) is 6.42 Å². The number of fused-ring (bicyclic) bond motifs is 3. The Morgan fingerprint density at radius 2 is 1.71 bits per heavy atom. The lowest BCUT2D eigenvalue weighted by molar-refractivity contribution is 0.605. The van der Waals surface area contributed by atoms with Crippen molar-refractivity contribution >= 4 is 21.8 Å². The maximum atomic E-state index is 4.60. The minimum atomic E-state index is 1.08. The number of nitrogens with one attached hydrogen (secondary N) is 1. The highest BCUT2D eigenvalue weighted by Gasteiger charge is 2.08. The average molecular weight is 280 g/mol. The van der Waals surface area contributed by atoms with Crippen molar-refractivity contribution in [1.82, 2.24) is 9.97 Å². The summed E-state index contributed by atoms with van der Waals surface area (Å²) in [6.07, 6.45) is 11.0. The second kappa shape index (κ2) is 6.75. The second-order valence-corrected chi connectivity index (χ2v) is 5.87. The van der Waals surface area contributed by atoms with E-state index in [0.717, 1.165) is 6.42 Å². The summed E-state index contributed by atoms with van der Waals surface area (Å²) in [5.41, 5.74) is 3.66. The lowest BCUT2D eigenvalue weighted by atomic mass is 10.1. The maximum Gasteiger partial charge on any atom is 0.0684 e. The summed E-state index contributed by atoms with van der Waals surface area (Å²) in [5, 5.41) is 2.61. The van der Waals surface area contributed by atoms with Crippen LogP contribution in [0.5, 0.6) is 0 Å². The van der Waals surface area contributed by atoms with E-state index in [9.17, 15) is 0 Å². The molecule has 0 aliphatic carbocycles. The normalized spacial score (nSPS) is 11.5. The molecule has 110 valence electrons. The highest BCUT2D eigenvalue weighted by Crippen LogP contribution is 2.27. The standard InChI is InChI=1S/C19H24N2/c1-2-3-4-5-6-7-12-18-19-16(13-14-20-18)15-10-8-9-11-17(15)21-19/h8-11,13-14,21H,2-7,12H2,1H3. The van der Waals surface area contributed by atoms with Crippen LogP contribution in [0.1, 0.15) is 51.1 Å². The van der Waals surface area contributed by atoms with Crippen molar-refractivity contribution in [3.63, 3.8) is 0 Å². The summed E-state index contributed by atoms with van der Waals surface area (Å²) < 4.78 is 0. The average Bonchev–Trinajstić information content (AvgIpc) is 2.90. The van der Waals surface area contributed by atoms with Crippen molar-refractivity contribution in [2.45, 2.75) is 51.9 Å². The number of aryl methyl sites for hydroxylation is 1. The van der Waals surface area contributed by atoms with Crippen LogP contribution in [0.3, 0.4) is 0 Å². The molecule has 3 rings (SSSR count). The van der Waals surface area contributed by atoms with Crippen LogP contribution < -0.4 is 0 Å². The van der Waals surface area contributed by atoms with Crippen LogP contribution in [0.2, 0.25) is 0 Å². The van der Waals surface area contributed by atoms with Gasteiger partial charge in [0.2, 0.25) is 0 Å². The van der Waals surface area contributed by atoms with Crippen molar-refractivity contribution in [1.29, 1.82) is 0 Å². The Balaban J connectivity index is 1.73. The van der Waals surface area contributed by atoms with Gasteiger partial charge in [-0.25, -0.2) is 0 Å². The first-order valence-corrected chi connectivity index (χ1v) is 8.24. The molecule has 21 heavy (non-hydrogen) atoms. The number of aromatic nitrogens is 2. The van der Waals surface area contributed by atoms with E-state index in [2.05, 4.69) is 47.2 Å². The lowest BCUT2D eigenvalue weighted by Crippen LogP contribution is -1.92. The van der Waals surface area contributed by atoms with E-state index < -0.39 is 0 Å². The minimum Gasteiger partial charge on any atom is -0.353 e. The van der Waals surface area contributed by atoms with Gasteiger partial charge in [0, 0.05) is 22.5 Å². The van der Waals surface area contributed by atoms with Crippen LogP contribution in [0.25, 0.3) is 21.8 Å². The number of benzene rings is 1. The molecule has 2 aromatic heterocycles. The van der Waals surface area contributed by atoms with Gasteiger partial charge in [-0.2, -0.15) is 0 Å². The van der Waals surface area contributed by atoms with Crippen molar-refractivity contribution in [3.05, 3.63) is 42.2 Å². The molecule has 2 nitrogen and oxygen atoms in total. The van der Waals surface area contributed by atoms with Crippen LogP contribution in [0.4, 0.5) is 0 Å². The number of nitrogens with zero attached hydrogens (tertiary/aromatic N) is 1. The number of H-pyrrole nitrogens is 1. The van der Waals surface area contributed by atoms with Crippen LogP contribution in [-0.4, -0.2) is 9.97 Å². The molecule has 0 radical (unpaired) electrons. The monoisotopic (exact) mass is 280 g/mol. The van der Waals surface area contributed by atoms with Gasteiger partial charge in [0.05, 0.1) is 11.2 Å². The Hall–Kier alpha value is -1.83. The van der Waals surface area contributed by atoms with Gasteiger partial charge in [-0.1, -0.05) is 57.2 Å². The molecular weight excluding hydrogens is 256 g/mol. The topological polar surface area (TPSA) is 28.7 Å². The van der Waals surface area contributed by atoms with Gasteiger partial charge in [-0.05, 0) is 25.0 Å². The Labute approximate surface area is 126 Å². The maximum absolute atomic E-state index is 4.60. The molecule has 2 heterocycles. The zero-order valence-corrected chi connectivity index (χ0v) is 12.9. The largest absolute Gasteiger partial charge is 0.353 e. The Morgan fingerprint density at radius 1 is 0.905 bits per heavy atom. The number of pyridine rings is 1. The third kappa shape index (κ3) is 3.10. The van der Waals surface area contributed by atoms with Gasteiger partial charge in [-0.15, -0.1) is 0 Å². The fourth-order valence-corrected chi connectivity index (χ4v) is 3.09. The van der Waals surface area contributed by atoms with Gasteiger partial charge in [0.25, 0.3) is 0 Å². The van der Waals surface area contributed by atoms with Crippen molar-refractivity contribution in [2.24, 2.45) is 0 Å². The number of aromatic amines is 1. The first-order valence-electron chi connectivity index (χ1n) is 8.24. The molecule has 0 saturated heterocycles. The molecule has 2 heteroatoms. The first kappa shape index (κ1) is 14.1. The second-order valence-electron chi connectivity index (χ2n) is 5.87. The molecule has 0 aliphatic rings. The van der Waals surface area contributed by atoms with E-state index >= 15 is 0 Å². The van der Waals surface area contributed by atoms with E-state index in [1.54, 1.807) is 0 Å². The summed E-state index contributed by atoms with van der Waals surface area (Å²) in [6, 6.07) is 10.6. The summed E-state index contributed by atoms with van der Waals surface area (Å²) in [7, 11) is 0. The third-order valence-corrected chi connectivity index (χ3v) is 4.27. The Morgan fingerprint density at radius 3 is 2.62 bits per heavy atom. The highest BCUT2D eigenvalue weighted by molar-refractivity contribution is 6.07. The molecule has 0 fully saturated rings. The smallest absolute Gasteiger partial charge is 0.0684 e. The molecule has 1 N–H and O–H groups in total. The third-order valence-electron chi connectivity index (χ3n) is 4.27. The zero-order chi connectivity index (χ0) is 14.5. The zero-order valence-electron chi connectivity index (χ0n) is 12.9. The van der Waals surface area contributed by atoms with Gasteiger partial charge in [0.1, 0.15) is 0 Å². The lowest BCUT2D eigenvalue weighted by Gasteiger charge is -2.03. The fraction of sp³-hybridized carbons (Fsp3) is 0.421. The molecule has 0 saturated carbocycles. The summed E-state index contributed by atoms with van der Waals surface area (Å²) in [5.74, 6) is 0.